The molecule has 0 bridgehead atoms. The van der Waals surface area contributed by atoms with Gasteiger partial charge in [0, 0.05) is 17.8 Å². The van der Waals surface area contributed by atoms with Crippen molar-refractivity contribution in [3.8, 4) is 11.8 Å². The van der Waals surface area contributed by atoms with Gasteiger partial charge in [-0.15, -0.1) is 0 Å². The summed E-state index contributed by atoms with van der Waals surface area (Å²) in [4.78, 5) is 13.2. The van der Waals surface area contributed by atoms with Crippen LogP contribution in [0.5, 0.6) is 5.75 Å². The Bertz CT molecular complexity index is 1090. The monoisotopic (exact) mass is 516 g/mol. The van der Waals surface area contributed by atoms with Gasteiger partial charge in [0.15, 0.2) is 0 Å². The normalized spacial score (nSPS) is 12.1. The van der Waals surface area contributed by atoms with Gasteiger partial charge in [-0.25, -0.2) is 0 Å². The predicted octanol–water partition coefficient (Wildman–Crippen LogP) is 4.97. The van der Waals surface area contributed by atoms with E-state index in [0.29, 0.717) is 16.5 Å². The van der Waals surface area contributed by atoms with Crippen molar-refractivity contribution in [2.45, 2.75) is 45.2 Å². The highest BCUT2D eigenvalue weighted by atomic mass is 19.4. The largest absolute Gasteiger partial charge is 0.530 e. The van der Waals surface area contributed by atoms with Crippen molar-refractivity contribution >= 4 is 11.8 Å². The third-order valence-electron chi connectivity index (χ3n) is 5.09. The first-order valence-electron chi connectivity index (χ1n) is 10.6. The van der Waals surface area contributed by atoms with Crippen molar-refractivity contribution < 1.29 is 41.0 Å². The Kier molecular flexibility index (Phi) is 8.72. The molecule has 0 aromatic heterocycles. The second-order valence-electron chi connectivity index (χ2n) is 8.89. The van der Waals surface area contributed by atoms with E-state index in [2.05, 4.69) is 0 Å². The molecule has 2 aromatic rings. The lowest BCUT2D eigenvalue weighted by molar-refractivity contribution is -0.271. The fourth-order valence-corrected chi connectivity index (χ4v) is 3.30. The zero-order valence-corrected chi connectivity index (χ0v) is 19.7. The van der Waals surface area contributed by atoms with Crippen LogP contribution in [0.4, 0.5) is 36.8 Å². The summed E-state index contributed by atoms with van der Waals surface area (Å²) in [6.45, 7) is 2.96. The van der Waals surface area contributed by atoms with Gasteiger partial charge in [0.2, 0.25) is 0 Å². The molecule has 0 unspecified atom stereocenters. The molecule has 0 spiro atoms. The molecule has 0 atom stereocenters. The molecule has 1 amide bonds. The molecule has 0 radical (unpaired) electrons. The molecule has 0 aliphatic heterocycles. The molecule has 2 aromatic carbocycles. The zero-order chi connectivity index (χ0) is 27.3. The Hall–Kier alpha value is -3.62. The van der Waals surface area contributed by atoms with Crippen molar-refractivity contribution in [1.82, 2.24) is 4.90 Å². The molecule has 0 heterocycles. The Balaban J connectivity index is 2.13. The van der Waals surface area contributed by atoms with Gasteiger partial charge in [-0.05, 0) is 56.7 Å². The van der Waals surface area contributed by atoms with Crippen LogP contribution in [0, 0.1) is 11.3 Å². The first kappa shape index (κ1) is 28.6. The molecule has 6 nitrogen and oxygen atoms in total. The topological polar surface area (TPSA) is 79.6 Å². The molecular weight excluding hydrogens is 492 g/mol. The van der Waals surface area contributed by atoms with E-state index >= 15 is 0 Å². The first-order valence-corrected chi connectivity index (χ1v) is 10.6. The van der Waals surface area contributed by atoms with Gasteiger partial charge in [0.05, 0.1) is 23.7 Å². The summed E-state index contributed by atoms with van der Waals surface area (Å²) in [5, 5.41) is 20.3. The number of halogens is 6. The van der Waals surface area contributed by atoms with Gasteiger partial charge >= 0.3 is 12.4 Å². The summed E-state index contributed by atoms with van der Waals surface area (Å²) in [5.74, 6) is 0.275. The summed E-state index contributed by atoms with van der Waals surface area (Å²) in [5.41, 5.74) is -2.46. The van der Waals surface area contributed by atoms with Crippen LogP contribution in [0.25, 0.3) is 0 Å². The van der Waals surface area contributed by atoms with Crippen LogP contribution in [0.1, 0.15) is 37.5 Å². The van der Waals surface area contributed by atoms with Gasteiger partial charge in [-0.1, -0.05) is 12.1 Å². The average molecular weight is 516 g/mol. The van der Waals surface area contributed by atoms with E-state index in [1.54, 1.807) is 32.9 Å². The number of hydrogen-bond acceptors (Lipinski definition) is 5. The lowest BCUT2D eigenvalue weighted by atomic mass is 10.1. The Labute approximate surface area is 204 Å². The maximum Gasteiger partial charge on any atom is 0.417 e. The maximum absolute atomic E-state index is 13.3. The second-order valence-corrected chi connectivity index (χ2v) is 8.89. The van der Waals surface area contributed by atoms with E-state index < -0.39 is 48.2 Å². The van der Waals surface area contributed by atoms with Crippen molar-refractivity contribution in [3.05, 3.63) is 59.2 Å². The van der Waals surface area contributed by atoms with E-state index in [4.69, 9.17) is 10.00 Å². The summed E-state index contributed by atoms with van der Waals surface area (Å²) >= 11 is 0. The van der Waals surface area contributed by atoms with E-state index in [1.165, 1.54) is 18.2 Å². The van der Waals surface area contributed by atoms with Crippen molar-refractivity contribution in [1.29, 1.82) is 5.26 Å². The fraction of sp³-hybridized carbons (Fsp3) is 0.417. The number of anilines is 1. The lowest BCUT2D eigenvalue weighted by Crippen LogP contribution is -2.50. The van der Waals surface area contributed by atoms with Gasteiger partial charge in [-0.2, -0.15) is 31.6 Å². The predicted molar refractivity (Wildman–Crippen MR) is 117 cm³/mol. The Morgan fingerprint density at radius 2 is 1.64 bits per heavy atom. The van der Waals surface area contributed by atoms with Crippen LogP contribution in [-0.2, 0) is 12.7 Å². The zero-order valence-electron chi connectivity index (χ0n) is 19.7. The molecule has 196 valence electrons. The summed E-state index contributed by atoms with van der Waals surface area (Å²) in [7, 11) is 0. The van der Waals surface area contributed by atoms with E-state index in [0.717, 1.165) is 17.0 Å². The highest BCUT2D eigenvalue weighted by Gasteiger charge is 2.36. The van der Waals surface area contributed by atoms with Gasteiger partial charge in [0.25, 0.3) is 0 Å². The SMILES string of the molecule is CC(C)(C)N(Cc1ccc(OCCN(CC(F)(F)F)c2ccc(C#N)c(C(F)(F)F)c2)cc1)C(=O)[O-]. The third-order valence-corrected chi connectivity index (χ3v) is 5.09. The van der Waals surface area contributed by atoms with Crippen LogP contribution < -0.4 is 14.7 Å². The Morgan fingerprint density at radius 3 is 2.11 bits per heavy atom. The highest BCUT2D eigenvalue weighted by molar-refractivity contribution is 5.63. The molecule has 0 saturated carbocycles. The second kappa shape index (κ2) is 11.0. The molecule has 12 heteroatoms. The molecule has 0 aliphatic rings. The lowest BCUT2D eigenvalue weighted by Gasteiger charge is -2.38. The molecular formula is C24H24F6N3O3-. The molecule has 0 saturated heterocycles. The maximum atomic E-state index is 13.3. The van der Waals surface area contributed by atoms with E-state index in [9.17, 15) is 36.2 Å². The molecule has 2 rings (SSSR count). The molecule has 0 fully saturated rings. The number of ether oxygens (including phenoxy) is 1. The highest BCUT2D eigenvalue weighted by Crippen LogP contribution is 2.35. The third kappa shape index (κ3) is 8.25. The number of carbonyl (C=O) groups is 1. The smallest absolute Gasteiger partial charge is 0.417 e. The van der Waals surface area contributed by atoms with Crippen LogP contribution in [0.2, 0.25) is 0 Å². The number of nitriles is 1. The van der Waals surface area contributed by atoms with E-state index in [-0.39, 0.29) is 24.6 Å². The Morgan fingerprint density at radius 1 is 1.03 bits per heavy atom. The standard InChI is InChI=1S/C24H25F6N3O3/c1-22(2,3)33(21(34)35)14-16-4-8-19(9-5-16)36-11-10-32(15-23(25,26)27)18-7-6-17(13-31)20(12-18)24(28,29)30/h4-9,12H,10-11,14-15H2,1-3H3,(H,34,35)/p-1. The number of amides is 1. The minimum absolute atomic E-state index is 0.0473. The van der Waals surface area contributed by atoms with Crippen LogP contribution >= 0.6 is 0 Å². The van der Waals surface area contributed by atoms with Crippen LogP contribution in [0.15, 0.2) is 42.5 Å². The van der Waals surface area contributed by atoms with Gasteiger partial charge in [-0.3, -0.25) is 0 Å². The van der Waals surface area contributed by atoms with Gasteiger partial charge in [0.1, 0.15) is 25.0 Å². The van der Waals surface area contributed by atoms with Crippen molar-refractivity contribution in [2.24, 2.45) is 0 Å². The van der Waals surface area contributed by atoms with Crippen LogP contribution in [0.3, 0.4) is 0 Å². The molecule has 0 N–H and O–H groups in total. The number of hydrogen-bond donors (Lipinski definition) is 0. The van der Waals surface area contributed by atoms with E-state index in [1.807, 2.05) is 0 Å². The minimum atomic E-state index is -4.91. The number of carboxylic acid groups (broad SMARTS) is 1. The summed E-state index contributed by atoms with van der Waals surface area (Å²) < 4.78 is 84.5. The average Bonchev–Trinajstić information content (AvgIpc) is 2.74. The number of carbonyl (C=O) groups excluding carboxylic acids is 1. The van der Waals surface area contributed by atoms with Crippen molar-refractivity contribution in [3.63, 3.8) is 0 Å². The van der Waals surface area contributed by atoms with Gasteiger partial charge < -0.3 is 24.4 Å². The number of alkyl halides is 6. The molecule has 36 heavy (non-hydrogen) atoms. The summed E-state index contributed by atoms with van der Waals surface area (Å²) in [6, 6.07) is 9.92. The minimum Gasteiger partial charge on any atom is -0.530 e. The number of rotatable bonds is 8. The fourth-order valence-electron chi connectivity index (χ4n) is 3.30. The first-order chi connectivity index (χ1) is 16.5. The molecule has 0 aliphatic carbocycles. The quantitative estimate of drug-likeness (QED) is 0.463. The number of nitrogens with zero attached hydrogens (tertiary/aromatic N) is 3. The summed E-state index contributed by atoms with van der Waals surface area (Å²) in [6.07, 6.45) is -11.0. The van der Waals surface area contributed by atoms with Crippen molar-refractivity contribution in [2.75, 3.05) is 24.6 Å². The van der Waals surface area contributed by atoms with Crippen LogP contribution in [-0.4, -0.2) is 42.4 Å². The number of benzene rings is 2.